The number of benzene rings is 2. The zero-order valence-electron chi connectivity index (χ0n) is 16.3. The highest BCUT2D eigenvalue weighted by Crippen LogP contribution is 2.23. The smallest absolute Gasteiger partial charge is 0.270 e. The molecule has 0 N–H and O–H groups in total. The van der Waals surface area contributed by atoms with Crippen LogP contribution in [0.5, 0.6) is 0 Å². The van der Waals surface area contributed by atoms with E-state index in [2.05, 4.69) is 10.0 Å². The Balaban J connectivity index is 1.44. The Morgan fingerprint density at radius 3 is 2.17 bits per heavy atom. The van der Waals surface area contributed by atoms with E-state index >= 15 is 0 Å². The van der Waals surface area contributed by atoms with Gasteiger partial charge in [-0.2, -0.15) is 5.10 Å². The van der Waals surface area contributed by atoms with Crippen LogP contribution in [-0.4, -0.2) is 48.6 Å². The average molecular weight is 411 g/mol. The number of hydrogen-bond acceptors (Lipinski definition) is 4. The van der Waals surface area contributed by atoms with Crippen molar-refractivity contribution in [3.05, 3.63) is 59.1 Å². The molecule has 2 aliphatic heterocycles. The third-order valence-corrected chi connectivity index (χ3v) is 5.57. The Morgan fingerprint density at radius 1 is 0.897 bits per heavy atom. The molecule has 29 heavy (non-hydrogen) atoms. The number of hydrazone groups is 1. The fraction of sp³-hybridized carbons (Fsp3) is 0.318. The molecule has 0 bridgehead atoms. The lowest BCUT2D eigenvalue weighted by molar-refractivity contribution is -0.124. The maximum Gasteiger partial charge on any atom is 0.270 e. The Labute approximate surface area is 175 Å². The molecule has 0 spiro atoms. The molecule has 2 heterocycles. The van der Waals surface area contributed by atoms with Gasteiger partial charge >= 0.3 is 0 Å². The van der Waals surface area contributed by atoms with Crippen LogP contribution in [0.25, 0.3) is 0 Å². The molecule has 7 heteroatoms. The van der Waals surface area contributed by atoms with Crippen molar-refractivity contribution < 1.29 is 9.59 Å². The van der Waals surface area contributed by atoms with Gasteiger partial charge in [0.15, 0.2) is 0 Å². The summed E-state index contributed by atoms with van der Waals surface area (Å²) in [5, 5.41) is 6.48. The number of halogens is 1. The zero-order chi connectivity index (χ0) is 20.4. The second-order valence-electron chi connectivity index (χ2n) is 7.34. The Kier molecular flexibility index (Phi) is 5.53. The van der Waals surface area contributed by atoms with Crippen molar-refractivity contribution in [2.75, 3.05) is 36.1 Å². The van der Waals surface area contributed by atoms with Crippen molar-refractivity contribution in [3.8, 4) is 0 Å². The van der Waals surface area contributed by atoms with Gasteiger partial charge in [-0.3, -0.25) is 9.59 Å². The van der Waals surface area contributed by atoms with Crippen molar-refractivity contribution in [1.82, 2.24) is 4.90 Å². The van der Waals surface area contributed by atoms with Crippen molar-refractivity contribution in [3.63, 3.8) is 0 Å². The number of hydrogen-bond donors (Lipinski definition) is 0. The topological polar surface area (TPSA) is 56.2 Å². The third-order valence-electron chi connectivity index (χ3n) is 5.32. The lowest BCUT2D eigenvalue weighted by Gasteiger charge is -2.36. The summed E-state index contributed by atoms with van der Waals surface area (Å²) in [5.74, 6) is -0.164. The second kappa shape index (κ2) is 8.25. The second-order valence-corrected chi connectivity index (χ2v) is 7.78. The number of aryl methyl sites for hydroxylation is 1. The highest BCUT2D eigenvalue weighted by Gasteiger charge is 2.30. The Hall–Kier alpha value is -2.86. The largest absolute Gasteiger partial charge is 0.368 e. The van der Waals surface area contributed by atoms with E-state index in [4.69, 9.17) is 11.6 Å². The van der Waals surface area contributed by atoms with E-state index in [-0.39, 0.29) is 11.8 Å². The number of anilines is 2. The average Bonchev–Trinajstić information content (AvgIpc) is 2.75. The fourth-order valence-corrected chi connectivity index (χ4v) is 3.72. The summed E-state index contributed by atoms with van der Waals surface area (Å²) in [6.45, 7) is 4.74. The molecule has 1 fully saturated rings. The Morgan fingerprint density at radius 2 is 1.52 bits per heavy atom. The van der Waals surface area contributed by atoms with Crippen molar-refractivity contribution in [2.45, 2.75) is 19.8 Å². The number of carbonyl (C=O) groups excluding carboxylic acids is 2. The molecule has 4 rings (SSSR count). The molecule has 0 aliphatic carbocycles. The molecule has 0 atom stereocenters. The molecular formula is C22H23ClN4O2. The van der Waals surface area contributed by atoms with Crippen LogP contribution in [0.4, 0.5) is 11.4 Å². The van der Waals surface area contributed by atoms with E-state index in [0.717, 1.165) is 24.3 Å². The van der Waals surface area contributed by atoms with Gasteiger partial charge in [0.1, 0.15) is 5.71 Å². The Bertz CT molecular complexity index is 932. The first kappa shape index (κ1) is 19.5. The predicted octanol–water partition coefficient (Wildman–Crippen LogP) is 3.48. The molecule has 150 valence electrons. The van der Waals surface area contributed by atoms with Crippen molar-refractivity contribution >= 4 is 40.5 Å². The minimum Gasteiger partial charge on any atom is -0.368 e. The van der Waals surface area contributed by atoms with Gasteiger partial charge in [0.2, 0.25) is 5.91 Å². The molecule has 0 radical (unpaired) electrons. The maximum absolute atomic E-state index is 13.0. The van der Waals surface area contributed by atoms with E-state index in [0.29, 0.717) is 42.4 Å². The van der Waals surface area contributed by atoms with E-state index in [9.17, 15) is 9.59 Å². The first-order valence-electron chi connectivity index (χ1n) is 9.78. The maximum atomic E-state index is 13.0. The van der Waals surface area contributed by atoms with Gasteiger partial charge in [-0.25, -0.2) is 5.01 Å². The van der Waals surface area contributed by atoms with Gasteiger partial charge in [-0.05, 0) is 43.3 Å². The van der Waals surface area contributed by atoms with Crippen LogP contribution in [0, 0.1) is 6.92 Å². The molecular weight excluding hydrogens is 388 g/mol. The monoisotopic (exact) mass is 410 g/mol. The van der Waals surface area contributed by atoms with Gasteiger partial charge in [-0.1, -0.05) is 29.3 Å². The van der Waals surface area contributed by atoms with Crippen LogP contribution >= 0.6 is 11.6 Å². The summed E-state index contributed by atoms with van der Waals surface area (Å²) in [6, 6.07) is 15.3. The molecule has 0 aromatic heterocycles. The normalized spacial score (nSPS) is 17.4. The molecule has 0 unspecified atom stereocenters. The standard InChI is InChI=1S/C22H23ClN4O2/c1-16-2-6-19(7-3-16)27-21(28)11-10-20(24-27)22(29)26-14-12-25(13-15-26)18-8-4-17(23)5-9-18/h2-9H,10-15H2,1H3. The van der Waals surface area contributed by atoms with Gasteiger partial charge < -0.3 is 9.80 Å². The van der Waals surface area contributed by atoms with Crippen molar-refractivity contribution in [1.29, 1.82) is 0 Å². The number of rotatable bonds is 3. The number of amides is 2. The van der Waals surface area contributed by atoms with Crippen LogP contribution in [0.3, 0.4) is 0 Å². The number of piperazine rings is 1. The minimum absolute atomic E-state index is 0.0784. The highest BCUT2D eigenvalue weighted by molar-refractivity contribution is 6.40. The van der Waals surface area contributed by atoms with E-state index < -0.39 is 0 Å². The van der Waals surface area contributed by atoms with Crippen LogP contribution in [0.2, 0.25) is 5.02 Å². The third kappa shape index (κ3) is 4.27. The van der Waals surface area contributed by atoms with Gasteiger partial charge in [0.05, 0.1) is 5.69 Å². The lowest BCUT2D eigenvalue weighted by atomic mass is 10.1. The van der Waals surface area contributed by atoms with E-state index in [1.807, 2.05) is 60.4 Å². The molecule has 1 saturated heterocycles. The zero-order valence-corrected chi connectivity index (χ0v) is 17.1. The lowest BCUT2D eigenvalue weighted by Crippen LogP contribution is -2.51. The minimum atomic E-state index is -0.0852. The van der Waals surface area contributed by atoms with Crippen LogP contribution in [0.15, 0.2) is 53.6 Å². The van der Waals surface area contributed by atoms with Crippen molar-refractivity contribution in [2.24, 2.45) is 5.10 Å². The SMILES string of the molecule is Cc1ccc(N2N=C(C(=O)N3CCN(c4ccc(Cl)cc4)CC3)CCC2=O)cc1. The predicted molar refractivity (Wildman–Crippen MR) is 116 cm³/mol. The van der Waals surface area contributed by atoms with Gasteiger partial charge in [-0.15, -0.1) is 0 Å². The van der Waals surface area contributed by atoms with Gasteiger partial charge in [0.25, 0.3) is 5.91 Å². The first-order chi connectivity index (χ1) is 14.0. The molecule has 6 nitrogen and oxygen atoms in total. The van der Waals surface area contributed by atoms with E-state index in [1.54, 1.807) is 0 Å². The fourth-order valence-electron chi connectivity index (χ4n) is 3.60. The molecule has 2 aromatic rings. The number of carbonyl (C=O) groups is 2. The highest BCUT2D eigenvalue weighted by atomic mass is 35.5. The molecule has 2 amide bonds. The van der Waals surface area contributed by atoms with Crippen LogP contribution in [-0.2, 0) is 9.59 Å². The number of nitrogens with zero attached hydrogens (tertiary/aromatic N) is 4. The molecule has 2 aromatic carbocycles. The first-order valence-corrected chi connectivity index (χ1v) is 10.2. The summed E-state index contributed by atoms with van der Waals surface area (Å²) >= 11 is 5.96. The summed E-state index contributed by atoms with van der Waals surface area (Å²) in [5.41, 5.74) is 3.35. The summed E-state index contributed by atoms with van der Waals surface area (Å²) in [4.78, 5) is 29.4. The van der Waals surface area contributed by atoms with E-state index in [1.165, 1.54) is 5.01 Å². The van der Waals surface area contributed by atoms with Crippen LogP contribution < -0.4 is 9.91 Å². The molecule has 2 aliphatic rings. The quantitative estimate of drug-likeness (QED) is 0.778. The van der Waals surface area contributed by atoms with Gasteiger partial charge in [0, 0.05) is 49.7 Å². The summed E-state index contributed by atoms with van der Waals surface area (Å²) in [7, 11) is 0. The molecule has 0 saturated carbocycles. The summed E-state index contributed by atoms with van der Waals surface area (Å²) in [6.07, 6.45) is 0.681. The summed E-state index contributed by atoms with van der Waals surface area (Å²) < 4.78 is 0. The van der Waals surface area contributed by atoms with Crippen LogP contribution in [0.1, 0.15) is 18.4 Å².